The number of aromatic nitrogens is 2. The van der Waals surface area contributed by atoms with E-state index in [1.54, 1.807) is 17.6 Å². The van der Waals surface area contributed by atoms with Crippen molar-refractivity contribution in [2.75, 3.05) is 6.61 Å². The van der Waals surface area contributed by atoms with E-state index in [1.165, 1.54) is 0 Å². The van der Waals surface area contributed by atoms with Gasteiger partial charge in [0.25, 0.3) is 0 Å². The van der Waals surface area contributed by atoms with Crippen LogP contribution in [-0.4, -0.2) is 28.6 Å². The lowest BCUT2D eigenvalue weighted by atomic mass is 10.2. The molecule has 3 aromatic carbocycles. The van der Waals surface area contributed by atoms with Crippen molar-refractivity contribution in [3.63, 3.8) is 0 Å². The lowest BCUT2D eigenvalue weighted by Crippen LogP contribution is -2.20. The lowest BCUT2D eigenvalue weighted by molar-refractivity contribution is 0.340. The Kier molecular flexibility index (Phi) is 6.04. The van der Waals surface area contributed by atoms with Gasteiger partial charge in [-0.3, -0.25) is 5.43 Å². The van der Waals surface area contributed by atoms with E-state index >= 15 is 0 Å². The smallest absolute Gasteiger partial charge is 0.173 e. The van der Waals surface area contributed by atoms with Crippen LogP contribution in [0.1, 0.15) is 17.6 Å². The molecule has 2 aromatic heterocycles. The maximum Gasteiger partial charge on any atom is 0.173 e. The van der Waals surface area contributed by atoms with Gasteiger partial charge in [0.15, 0.2) is 5.84 Å². The van der Waals surface area contributed by atoms with Crippen LogP contribution >= 0.6 is 11.3 Å². The van der Waals surface area contributed by atoms with Gasteiger partial charge in [-0.2, -0.15) is 5.10 Å². The minimum absolute atomic E-state index is 0.544. The molecule has 5 aromatic rings. The number of hydrogen-bond donors (Lipinski definition) is 1. The van der Waals surface area contributed by atoms with Gasteiger partial charge in [0.1, 0.15) is 16.5 Å². The predicted octanol–water partition coefficient (Wildman–Crippen LogP) is 5.95. The summed E-state index contributed by atoms with van der Waals surface area (Å²) in [4.78, 5) is 14.1. The van der Waals surface area contributed by atoms with Gasteiger partial charge in [-0.1, -0.05) is 36.4 Å². The monoisotopic (exact) mass is 451 g/mol. The summed E-state index contributed by atoms with van der Waals surface area (Å²) in [6, 6.07) is 27.6. The molecule has 33 heavy (non-hydrogen) atoms. The number of hydrogen-bond acceptors (Lipinski definition) is 6. The summed E-state index contributed by atoms with van der Waals surface area (Å²) in [5, 5.41) is 6.30. The Labute approximate surface area is 195 Å². The molecule has 0 spiro atoms. The van der Waals surface area contributed by atoms with E-state index < -0.39 is 0 Å². The quantitative estimate of drug-likeness (QED) is 0.197. The molecule has 7 heteroatoms. The number of fused-ring (bicyclic) bond motifs is 2. The minimum Gasteiger partial charge on any atom is -0.494 e. The zero-order valence-electron chi connectivity index (χ0n) is 18.0. The number of para-hydroxylation sites is 2. The second-order valence-corrected chi connectivity index (χ2v) is 8.23. The number of nitrogens with zero attached hydrogens (tertiary/aromatic N) is 4. The highest BCUT2D eigenvalue weighted by Gasteiger charge is 2.07. The Morgan fingerprint density at radius 2 is 1.70 bits per heavy atom. The van der Waals surface area contributed by atoms with Crippen LogP contribution in [-0.2, 0) is 0 Å². The molecule has 0 aliphatic carbocycles. The van der Waals surface area contributed by atoms with Crippen molar-refractivity contribution in [1.82, 2.24) is 15.4 Å². The van der Waals surface area contributed by atoms with Gasteiger partial charge >= 0.3 is 0 Å². The summed E-state index contributed by atoms with van der Waals surface area (Å²) >= 11 is 1.59. The summed E-state index contributed by atoms with van der Waals surface area (Å²) in [7, 11) is 0. The fourth-order valence-electron chi connectivity index (χ4n) is 3.34. The average Bonchev–Trinajstić information content (AvgIpc) is 3.27. The maximum atomic E-state index is 5.53. The molecule has 0 aliphatic heterocycles. The Morgan fingerprint density at radius 3 is 2.52 bits per heavy atom. The van der Waals surface area contributed by atoms with Gasteiger partial charge < -0.3 is 4.74 Å². The summed E-state index contributed by atoms with van der Waals surface area (Å²) < 4.78 is 6.66. The third-order valence-corrected chi connectivity index (χ3v) is 5.86. The number of pyridine rings is 1. The van der Waals surface area contributed by atoms with Crippen molar-refractivity contribution < 1.29 is 4.74 Å². The molecule has 162 valence electrons. The second-order valence-electron chi connectivity index (χ2n) is 7.17. The largest absolute Gasteiger partial charge is 0.494 e. The maximum absolute atomic E-state index is 5.53. The normalized spacial score (nSPS) is 12.0. The molecule has 0 fully saturated rings. The number of thiazole rings is 1. The molecule has 0 atom stereocenters. The number of nitrogens with one attached hydrogen (secondary N) is 1. The summed E-state index contributed by atoms with van der Waals surface area (Å²) in [5.41, 5.74) is 6.40. The van der Waals surface area contributed by atoms with E-state index in [4.69, 9.17) is 14.7 Å². The zero-order valence-corrected chi connectivity index (χ0v) is 18.8. The van der Waals surface area contributed by atoms with E-state index in [2.05, 4.69) is 21.6 Å². The fourth-order valence-corrected chi connectivity index (χ4v) is 4.18. The predicted molar refractivity (Wildman–Crippen MR) is 136 cm³/mol. The van der Waals surface area contributed by atoms with Crippen LogP contribution in [0.4, 0.5) is 5.69 Å². The van der Waals surface area contributed by atoms with Crippen LogP contribution in [0.25, 0.3) is 21.1 Å². The van der Waals surface area contributed by atoms with Crippen LogP contribution in [0.15, 0.2) is 95.0 Å². The van der Waals surface area contributed by atoms with Crippen molar-refractivity contribution in [3.05, 3.63) is 95.6 Å². The van der Waals surface area contributed by atoms with E-state index in [-0.39, 0.29) is 0 Å². The van der Waals surface area contributed by atoms with E-state index in [0.29, 0.717) is 18.1 Å². The van der Waals surface area contributed by atoms with Crippen molar-refractivity contribution in [2.24, 2.45) is 10.1 Å². The molecule has 0 saturated carbocycles. The van der Waals surface area contributed by atoms with Gasteiger partial charge in [0.05, 0.1) is 34.2 Å². The number of benzene rings is 3. The fraction of sp³-hybridized carbons (Fsp3) is 0.0769. The second kappa shape index (κ2) is 9.58. The standard InChI is InChI=1S/C26H21N5OS/c1-2-32-20-14-12-19(13-15-20)28-26(23-16-11-18-7-3-4-8-21(18)29-23)31-27-17-25-30-22-9-5-6-10-24(22)33-25/h3-17H,2H2,1H3,(H,28,31)/b27-17+. The summed E-state index contributed by atoms with van der Waals surface area (Å²) in [5.74, 6) is 1.35. The van der Waals surface area contributed by atoms with Crippen molar-refractivity contribution in [3.8, 4) is 5.75 Å². The molecule has 0 unspecified atom stereocenters. The van der Waals surface area contributed by atoms with Gasteiger partial charge in [-0.05, 0) is 55.5 Å². The molecule has 0 amide bonds. The molecule has 6 nitrogen and oxygen atoms in total. The zero-order chi connectivity index (χ0) is 22.5. The molecule has 0 bridgehead atoms. The van der Waals surface area contributed by atoms with Gasteiger partial charge in [0.2, 0.25) is 0 Å². The Morgan fingerprint density at radius 1 is 0.909 bits per heavy atom. The highest BCUT2D eigenvalue weighted by atomic mass is 32.1. The molecule has 2 heterocycles. The van der Waals surface area contributed by atoms with Crippen LogP contribution < -0.4 is 10.2 Å². The molecular weight excluding hydrogens is 430 g/mol. The first kappa shape index (κ1) is 20.8. The molecule has 5 rings (SSSR count). The first-order valence-corrected chi connectivity index (χ1v) is 11.4. The van der Waals surface area contributed by atoms with Crippen LogP contribution in [0.3, 0.4) is 0 Å². The Balaban J connectivity index is 1.46. The molecular formula is C26H21N5OS. The highest BCUT2D eigenvalue weighted by Crippen LogP contribution is 2.21. The minimum atomic E-state index is 0.544. The van der Waals surface area contributed by atoms with Gasteiger partial charge in [-0.15, -0.1) is 11.3 Å². The molecule has 1 N–H and O–H groups in total. The SMILES string of the molecule is CCOc1ccc(N=C(N/N=C/c2nc3ccccc3s2)c2ccc3ccccc3n2)cc1. The number of aliphatic imine (C=N–C) groups is 1. The van der Waals surface area contributed by atoms with E-state index in [9.17, 15) is 0 Å². The number of rotatable bonds is 6. The molecule has 0 aliphatic rings. The summed E-state index contributed by atoms with van der Waals surface area (Å²) in [6.45, 7) is 2.58. The molecule has 0 saturated heterocycles. The van der Waals surface area contributed by atoms with Crippen LogP contribution in [0, 0.1) is 0 Å². The van der Waals surface area contributed by atoms with Gasteiger partial charge in [-0.25, -0.2) is 15.0 Å². The van der Waals surface area contributed by atoms with Crippen molar-refractivity contribution >= 4 is 50.2 Å². The Bertz CT molecular complexity index is 1420. The van der Waals surface area contributed by atoms with Gasteiger partial charge in [0, 0.05) is 5.39 Å². The van der Waals surface area contributed by atoms with Crippen molar-refractivity contribution in [1.29, 1.82) is 0 Å². The number of hydrazone groups is 1. The third-order valence-electron chi connectivity index (χ3n) is 4.89. The highest BCUT2D eigenvalue weighted by molar-refractivity contribution is 7.20. The van der Waals surface area contributed by atoms with Crippen molar-refractivity contribution in [2.45, 2.75) is 6.92 Å². The Hall–Kier alpha value is -4.10. The third kappa shape index (κ3) is 4.88. The first-order valence-electron chi connectivity index (χ1n) is 10.6. The van der Waals surface area contributed by atoms with E-state index in [1.807, 2.05) is 85.8 Å². The van der Waals surface area contributed by atoms with Crippen LogP contribution in [0.5, 0.6) is 5.75 Å². The number of amidine groups is 1. The van der Waals surface area contributed by atoms with E-state index in [0.717, 1.165) is 37.6 Å². The molecule has 0 radical (unpaired) electrons. The topological polar surface area (TPSA) is 71.8 Å². The summed E-state index contributed by atoms with van der Waals surface area (Å²) in [6.07, 6.45) is 1.71. The first-order chi connectivity index (χ1) is 16.3. The lowest BCUT2D eigenvalue weighted by Gasteiger charge is -2.08. The number of ether oxygens (including phenoxy) is 1. The average molecular weight is 452 g/mol. The van der Waals surface area contributed by atoms with Crippen LogP contribution in [0.2, 0.25) is 0 Å².